The Bertz CT molecular complexity index is 934. The van der Waals surface area contributed by atoms with Crippen molar-refractivity contribution in [1.29, 1.82) is 0 Å². The molecule has 0 amide bonds. The van der Waals surface area contributed by atoms with Gasteiger partial charge in [-0.1, -0.05) is 60.2 Å². The molecule has 0 aromatic heterocycles. The van der Waals surface area contributed by atoms with Crippen LogP contribution in [-0.4, -0.2) is 30.4 Å². The maximum Gasteiger partial charge on any atom is 0.420 e. The fourth-order valence-corrected chi connectivity index (χ4v) is 2.18. The molecular weight excluding hydrogens is 384 g/mol. The van der Waals surface area contributed by atoms with Gasteiger partial charge in [0.15, 0.2) is 0 Å². The predicted octanol–water partition coefficient (Wildman–Crippen LogP) is 4.51. The van der Waals surface area contributed by atoms with E-state index in [2.05, 4.69) is 0 Å². The van der Waals surface area contributed by atoms with E-state index in [1.165, 1.54) is 0 Å². The number of carbonyl (C=O) groups excluding carboxylic acids is 2. The van der Waals surface area contributed by atoms with Crippen molar-refractivity contribution in [3.8, 4) is 11.5 Å². The summed E-state index contributed by atoms with van der Waals surface area (Å²) in [5.41, 5.74) is 2.65. The van der Waals surface area contributed by atoms with Gasteiger partial charge in [-0.3, -0.25) is 0 Å². The first-order valence-electron chi connectivity index (χ1n) is 9.28. The summed E-state index contributed by atoms with van der Waals surface area (Å²) in [6, 6.07) is 14.2. The van der Waals surface area contributed by atoms with Crippen LogP contribution in [0.5, 0.6) is 11.5 Å². The molecule has 30 heavy (non-hydrogen) atoms. The van der Waals surface area contributed by atoms with Gasteiger partial charge in [0.25, 0.3) is 0 Å². The zero-order valence-electron chi connectivity index (χ0n) is 16.9. The van der Waals surface area contributed by atoms with Crippen LogP contribution in [0, 0.1) is 0 Å². The maximum atomic E-state index is 11.5. The molecule has 2 aromatic rings. The van der Waals surface area contributed by atoms with Crippen molar-refractivity contribution in [2.45, 2.75) is 13.8 Å². The lowest BCUT2D eigenvalue weighted by atomic mass is 10.1. The normalized spacial score (nSPS) is 10.7. The Balaban J connectivity index is 1.75. The van der Waals surface area contributed by atoms with Gasteiger partial charge in [0.2, 0.25) is 6.79 Å². The highest BCUT2D eigenvalue weighted by atomic mass is 16.7. The van der Waals surface area contributed by atoms with E-state index in [0.717, 1.165) is 16.7 Å². The van der Waals surface area contributed by atoms with Crippen LogP contribution in [0.25, 0.3) is 12.2 Å². The number of hydrogen-bond donors (Lipinski definition) is 1. The van der Waals surface area contributed by atoms with Crippen LogP contribution < -0.4 is 4.74 Å². The molecular formula is C24H24O6. The summed E-state index contributed by atoms with van der Waals surface area (Å²) >= 11 is 0. The third-order valence-electron chi connectivity index (χ3n) is 3.78. The van der Waals surface area contributed by atoms with E-state index in [1.54, 1.807) is 30.3 Å². The molecule has 0 aliphatic rings. The van der Waals surface area contributed by atoms with Crippen LogP contribution in [0.2, 0.25) is 0 Å². The first-order chi connectivity index (χ1) is 14.5. The van der Waals surface area contributed by atoms with E-state index in [-0.39, 0.29) is 12.4 Å². The van der Waals surface area contributed by atoms with Crippen molar-refractivity contribution in [3.63, 3.8) is 0 Å². The van der Waals surface area contributed by atoms with E-state index in [4.69, 9.17) is 14.2 Å². The molecule has 0 saturated heterocycles. The maximum absolute atomic E-state index is 11.5. The molecule has 0 saturated carbocycles. The quantitative estimate of drug-likeness (QED) is 0.228. The van der Waals surface area contributed by atoms with Crippen LogP contribution in [0.3, 0.4) is 0 Å². The Morgan fingerprint density at radius 1 is 0.900 bits per heavy atom. The number of allylic oxidation sites excluding steroid dienone is 3. The zero-order valence-corrected chi connectivity index (χ0v) is 16.9. The second-order valence-corrected chi connectivity index (χ2v) is 6.42. The van der Waals surface area contributed by atoms with Crippen LogP contribution >= 0.6 is 0 Å². The Hall–Kier alpha value is -3.80. The molecule has 0 atom stereocenters. The number of para-hydroxylation sites is 1. The van der Waals surface area contributed by atoms with E-state index in [9.17, 15) is 14.7 Å². The van der Waals surface area contributed by atoms with Crippen LogP contribution in [-0.2, 0) is 19.1 Å². The Labute approximate surface area is 175 Å². The average Bonchev–Trinajstić information content (AvgIpc) is 2.73. The van der Waals surface area contributed by atoms with Gasteiger partial charge in [-0.05, 0) is 43.7 Å². The Morgan fingerprint density at radius 2 is 1.57 bits per heavy atom. The van der Waals surface area contributed by atoms with E-state index in [1.807, 2.05) is 62.4 Å². The van der Waals surface area contributed by atoms with Crippen molar-refractivity contribution in [2.24, 2.45) is 0 Å². The summed E-state index contributed by atoms with van der Waals surface area (Å²) in [5.74, 6) is -1.45. The molecule has 0 bridgehead atoms. The molecule has 156 valence electrons. The van der Waals surface area contributed by atoms with Crippen molar-refractivity contribution < 1.29 is 28.9 Å². The van der Waals surface area contributed by atoms with Gasteiger partial charge in [0, 0.05) is 5.56 Å². The molecule has 0 aliphatic heterocycles. The topological polar surface area (TPSA) is 82.1 Å². The number of ether oxygens (including phenoxy) is 3. The highest BCUT2D eigenvalue weighted by Crippen LogP contribution is 2.17. The smallest absolute Gasteiger partial charge is 0.420 e. The molecule has 6 nitrogen and oxygen atoms in total. The SMILES string of the molecule is CC(C)=CCOC(=O)C(=O)OCOc1ccc(C=CC=Cc2ccccc2O)cc1. The minimum atomic E-state index is -1.10. The second kappa shape index (κ2) is 11.9. The van der Waals surface area contributed by atoms with Gasteiger partial charge in [-0.2, -0.15) is 0 Å². The Morgan fingerprint density at radius 3 is 2.27 bits per heavy atom. The fourth-order valence-electron chi connectivity index (χ4n) is 2.18. The van der Waals surface area contributed by atoms with Crippen molar-refractivity contribution >= 4 is 24.1 Å². The molecule has 0 aliphatic carbocycles. The second-order valence-electron chi connectivity index (χ2n) is 6.42. The number of aromatic hydroxyl groups is 1. The lowest BCUT2D eigenvalue weighted by molar-refractivity contribution is -0.170. The summed E-state index contributed by atoms with van der Waals surface area (Å²) in [4.78, 5) is 22.9. The number of hydrogen-bond acceptors (Lipinski definition) is 6. The molecule has 2 rings (SSSR count). The first kappa shape index (κ1) is 22.5. The van der Waals surface area contributed by atoms with Crippen molar-refractivity contribution in [2.75, 3.05) is 13.4 Å². The number of phenolic OH excluding ortho intramolecular Hbond substituents is 1. The third kappa shape index (κ3) is 8.06. The monoisotopic (exact) mass is 408 g/mol. The molecule has 0 radical (unpaired) electrons. The minimum absolute atomic E-state index is 0.0216. The highest BCUT2D eigenvalue weighted by Gasteiger charge is 2.16. The number of rotatable bonds is 8. The highest BCUT2D eigenvalue weighted by molar-refractivity contribution is 6.29. The van der Waals surface area contributed by atoms with E-state index in [0.29, 0.717) is 5.75 Å². The van der Waals surface area contributed by atoms with Crippen LogP contribution in [0.1, 0.15) is 25.0 Å². The summed E-state index contributed by atoms with van der Waals surface area (Å²) in [7, 11) is 0. The number of esters is 2. The summed E-state index contributed by atoms with van der Waals surface area (Å²) in [5, 5.41) is 9.70. The van der Waals surface area contributed by atoms with Crippen molar-refractivity contribution in [1.82, 2.24) is 0 Å². The van der Waals surface area contributed by atoms with Gasteiger partial charge in [-0.15, -0.1) is 0 Å². The number of phenols is 1. The number of carbonyl (C=O) groups is 2. The van der Waals surface area contributed by atoms with Gasteiger partial charge in [0.1, 0.15) is 18.1 Å². The van der Waals surface area contributed by atoms with Crippen molar-refractivity contribution in [3.05, 3.63) is 83.5 Å². The van der Waals surface area contributed by atoms with Gasteiger partial charge in [-0.25, -0.2) is 9.59 Å². The molecule has 6 heteroatoms. The average molecular weight is 408 g/mol. The minimum Gasteiger partial charge on any atom is -0.507 e. The summed E-state index contributed by atoms with van der Waals surface area (Å²) in [6.45, 7) is 3.34. The lowest BCUT2D eigenvalue weighted by Gasteiger charge is -2.07. The standard InChI is InChI=1S/C24H24O6/c1-18(2)15-16-28-23(26)24(27)30-17-29-21-13-11-19(12-14-21)7-3-4-8-20-9-5-6-10-22(20)25/h3-15,25H,16-17H2,1-2H3. The Kier molecular flexibility index (Phi) is 8.93. The van der Waals surface area contributed by atoms with Gasteiger partial charge >= 0.3 is 11.9 Å². The first-order valence-corrected chi connectivity index (χ1v) is 9.28. The molecule has 2 aromatic carbocycles. The number of benzene rings is 2. The lowest BCUT2D eigenvalue weighted by Crippen LogP contribution is -2.22. The van der Waals surface area contributed by atoms with Crippen LogP contribution in [0.4, 0.5) is 0 Å². The molecule has 0 unspecified atom stereocenters. The molecule has 0 heterocycles. The summed E-state index contributed by atoms with van der Waals surface area (Å²) in [6.07, 6.45) is 9.06. The predicted molar refractivity (Wildman–Crippen MR) is 115 cm³/mol. The third-order valence-corrected chi connectivity index (χ3v) is 3.78. The molecule has 0 fully saturated rings. The van der Waals surface area contributed by atoms with Crippen LogP contribution in [0.15, 0.2) is 72.3 Å². The molecule has 0 spiro atoms. The zero-order chi connectivity index (χ0) is 21.8. The van der Waals surface area contributed by atoms with E-state index < -0.39 is 18.7 Å². The van der Waals surface area contributed by atoms with Gasteiger partial charge in [0.05, 0.1) is 0 Å². The largest absolute Gasteiger partial charge is 0.507 e. The van der Waals surface area contributed by atoms with Gasteiger partial charge < -0.3 is 19.3 Å². The van der Waals surface area contributed by atoms with E-state index >= 15 is 0 Å². The summed E-state index contributed by atoms with van der Waals surface area (Å²) < 4.78 is 14.8. The molecule has 1 N–H and O–H groups in total. The fraction of sp³-hybridized carbons (Fsp3) is 0.167.